The van der Waals surface area contributed by atoms with E-state index in [4.69, 9.17) is 19.9 Å². The summed E-state index contributed by atoms with van der Waals surface area (Å²) in [7, 11) is -2.22. The summed E-state index contributed by atoms with van der Waals surface area (Å²) in [5.74, 6) is 5.17. The standard InChI is InChI=1S/C53H40N4Si/c1-58-47-35-26-30-27-36(29-35)53(43(47)28-30)42-16-7-6-13-38(42)39-23-24-41(49(58)46(39)53)40-15-9-14-37(48(40)58)31-18-20-34(21-19-31)51-55-50(33-11-3-2-4-12-33)56-52(57-51)45-25-22-32-10-5-8-17-44(32)54-45/h2-25,30,35-36,43,47H,26-29H2,1H3. The van der Waals surface area contributed by atoms with Crippen molar-refractivity contribution in [3.63, 3.8) is 0 Å². The van der Waals surface area contributed by atoms with Gasteiger partial charge in [-0.2, -0.15) is 0 Å². The molecular formula is C53H40N4Si. The summed E-state index contributed by atoms with van der Waals surface area (Å²) in [5, 5.41) is 4.60. The quantitative estimate of drug-likeness (QED) is 0.168. The van der Waals surface area contributed by atoms with Gasteiger partial charge in [0.15, 0.2) is 17.5 Å². The Labute approximate surface area is 339 Å². The summed E-state index contributed by atoms with van der Waals surface area (Å²) in [6.07, 6.45) is 5.70. The highest BCUT2D eigenvalue weighted by atomic mass is 28.3. The largest absolute Gasteiger partial charge is 0.244 e. The highest BCUT2D eigenvalue weighted by Crippen LogP contribution is 2.76. The number of nitrogens with zero attached hydrogens (tertiary/aromatic N) is 4. The molecule has 276 valence electrons. The molecule has 0 amide bonds. The molecular weight excluding hydrogens is 721 g/mol. The predicted octanol–water partition coefficient (Wildman–Crippen LogP) is 11.0. The molecule has 2 aromatic heterocycles. The van der Waals surface area contributed by atoms with Gasteiger partial charge in [-0.05, 0) is 122 Å². The molecule has 6 bridgehead atoms. The molecule has 5 heteroatoms. The van der Waals surface area contributed by atoms with Crippen LogP contribution in [0.4, 0.5) is 0 Å². The molecule has 4 fully saturated rings. The lowest BCUT2D eigenvalue weighted by atomic mass is 9.42. The first-order valence-corrected chi connectivity index (χ1v) is 23.9. The Morgan fingerprint density at radius 3 is 2.07 bits per heavy atom. The Bertz CT molecular complexity index is 3090. The minimum Gasteiger partial charge on any atom is -0.244 e. The smallest absolute Gasteiger partial charge is 0.182 e. The number of hydrogen-bond acceptors (Lipinski definition) is 4. The maximum absolute atomic E-state index is 5.08. The van der Waals surface area contributed by atoms with Gasteiger partial charge in [0, 0.05) is 21.9 Å². The third kappa shape index (κ3) is 3.87. The number of rotatable bonds is 4. The number of hydrogen-bond donors (Lipinski definition) is 0. The first-order valence-electron chi connectivity index (χ1n) is 21.3. The van der Waals surface area contributed by atoms with Crippen LogP contribution in [0.25, 0.3) is 78.6 Å². The van der Waals surface area contributed by atoms with Crippen molar-refractivity contribution in [2.45, 2.75) is 43.2 Å². The zero-order chi connectivity index (χ0) is 37.9. The van der Waals surface area contributed by atoms with Crippen molar-refractivity contribution < 1.29 is 0 Å². The van der Waals surface area contributed by atoms with Crippen LogP contribution >= 0.6 is 0 Å². The van der Waals surface area contributed by atoms with Gasteiger partial charge in [-0.3, -0.25) is 0 Å². The van der Waals surface area contributed by atoms with Gasteiger partial charge >= 0.3 is 0 Å². The fraction of sp³-hybridized carbons (Fsp3) is 0.208. The monoisotopic (exact) mass is 760 g/mol. The normalized spacial score (nSPS) is 27.1. The van der Waals surface area contributed by atoms with E-state index in [-0.39, 0.29) is 5.41 Å². The van der Waals surface area contributed by atoms with Crippen molar-refractivity contribution in [1.29, 1.82) is 0 Å². The van der Waals surface area contributed by atoms with Gasteiger partial charge in [0.25, 0.3) is 0 Å². The summed E-state index contributed by atoms with van der Waals surface area (Å²) in [5.41, 5.74) is 16.9. The first-order chi connectivity index (χ1) is 28.6. The van der Waals surface area contributed by atoms with Crippen molar-refractivity contribution in [1.82, 2.24) is 19.9 Å². The number of aromatic nitrogens is 4. The van der Waals surface area contributed by atoms with Gasteiger partial charge in [0.1, 0.15) is 13.8 Å². The van der Waals surface area contributed by atoms with Crippen LogP contribution in [0.5, 0.6) is 0 Å². The van der Waals surface area contributed by atoms with Crippen LogP contribution in [0, 0.1) is 23.7 Å². The van der Waals surface area contributed by atoms with Crippen molar-refractivity contribution in [2.24, 2.45) is 23.7 Å². The summed E-state index contributed by atoms with van der Waals surface area (Å²) in [6, 6.07) is 53.5. The lowest BCUT2D eigenvalue weighted by Gasteiger charge is -2.70. The zero-order valence-corrected chi connectivity index (χ0v) is 33.4. The van der Waals surface area contributed by atoms with E-state index in [0.717, 1.165) is 56.9 Å². The van der Waals surface area contributed by atoms with E-state index in [9.17, 15) is 0 Å². The van der Waals surface area contributed by atoms with E-state index >= 15 is 0 Å². The van der Waals surface area contributed by atoms with Gasteiger partial charge in [0.05, 0.1) is 5.52 Å². The van der Waals surface area contributed by atoms with Crippen molar-refractivity contribution in [2.75, 3.05) is 0 Å². The van der Waals surface area contributed by atoms with Crippen LogP contribution in [-0.2, 0) is 5.41 Å². The van der Waals surface area contributed by atoms with Gasteiger partial charge in [-0.1, -0.05) is 140 Å². The first kappa shape index (κ1) is 32.0. The Morgan fingerprint density at radius 1 is 0.500 bits per heavy atom. The topological polar surface area (TPSA) is 51.6 Å². The second kappa shape index (κ2) is 11.1. The van der Waals surface area contributed by atoms with Crippen LogP contribution in [0.1, 0.15) is 36.8 Å². The summed E-state index contributed by atoms with van der Waals surface area (Å²) in [6.45, 7) is 2.81. The molecule has 5 aliphatic carbocycles. The summed E-state index contributed by atoms with van der Waals surface area (Å²) >= 11 is 0. The van der Waals surface area contributed by atoms with Gasteiger partial charge in [-0.15, -0.1) is 0 Å². The average Bonchev–Trinajstić information content (AvgIpc) is 3.72. The molecule has 8 aromatic rings. The van der Waals surface area contributed by atoms with E-state index < -0.39 is 8.07 Å². The SMILES string of the molecule is C[Si]12c3c(-c4ccc(-c5nc(-c6ccccc6)nc(-c6ccc7ccccc7n6)n5)cc4)cccc3-c3ccc4c(c31)C1(c3ccccc3-4)C3CC4CC(C3)C2C1C4. The van der Waals surface area contributed by atoms with Crippen LogP contribution in [0.2, 0.25) is 12.1 Å². The van der Waals surface area contributed by atoms with E-state index in [0.29, 0.717) is 17.5 Å². The zero-order valence-electron chi connectivity index (χ0n) is 32.4. The predicted molar refractivity (Wildman–Crippen MR) is 236 cm³/mol. The van der Waals surface area contributed by atoms with Crippen LogP contribution in [0.15, 0.2) is 146 Å². The molecule has 7 aliphatic rings. The van der Waals surface area contributed by atoms with Gasteiger partial charge in [-0.25, -0.2) is 19.9 Å². The minimum absolute atomic E-state index is 0.204. The lowest BCUT2D eigenvalue weighted by molar-refractivity contribution is -0.0432. The third-order valence-corrected chi connectivity index (χ3v) is 21.2. The van der Waals surface area contributed by atoms with E-state index in [2.05, 4.69) is 110 Å². The van der Waals surface area contributed by atoms with Crippen molar-refractivity contribution >= 4 is 29.4 Å². The molecule has 2 aliphatic heterocycles. The molecule has 0 saturated heterocycles. The summed E-state index contributed by atoms with van der Waals surface area (Å²) in [4.78, 5) is 20.1. The number of fused-ring (bicyclic) bond motifs is 6. The molecule has 15 rings (SSSR count). The third-order valence-electron chi connectivity index (χ3n) is 15.9. The Morgan fingerprint density at radius 2 is 1.19 bits per heavy atom. The summed E-state index contributed by atoms with van der Waals surface area (Å²) < 4.78 is 0. The number of benzene rings is 6. The molecule has 4 nitrogen and oxygen atoms in total. The van der Waals surface area contributed by atoms with Crippen LogP contribution in [0.3, 0.4) is 0 Å². The maximum atomic E-state index is 5.08. The Balaban J connectivity index is 0.926. The van der Waals surface area contributed by atoms with Gasteiger partial charge < -0.3 is 0 Å². The highest BCUT2D eigenvalue weighted by molar-refractivity contribution is 7.07. The minimum atomic E-state index is -2.22. The maximum Gasteiger partial charge on any atom is 0.182 e. The molecule has 6 aromatic carbocycles. The lowest BCUT2D eigenvalue weighted by Crippen LogP contribution is -2.74. The molecule has 1 spiro atoms. The second-order valence-electron chi connectivity index (χ2n) is 18.3. The van der Waals surface area contributed by atoms with Crippen LogP contribution < -0.4 is 10.4 Å². The van der Waals surface area contributed by atoms with E-state index in [1.54, 1.807) is 27.4 Å². The molecule has 0 N–H and O–H groups in total. The molecule has 58 heavy (non-hydrogen) atoms. The van der Waals surface area contributed by atoms with Crippen molar-refractivity contribution in [3.8, 4) is 67.7 Å². The molecule has 0 radical (unpaired) electrons. The van der Waals surface area contributed by atoms with E-state index in [1.807, 2.05) is 47.7 Å². The Kier molecular flexibility index (Phi) is 6.13. The second-order valence-corrected chi connectivity index (χ2v) is 22.4. The number of pyridine rings is 1. The van der Waals surface area contributed by atoms with Crippen LogP contribution in [-0.4, -0.2) is 28.0 Å². The molecule has 7 unspecified atom stereocenters. The van der Waals surface area contributed by atoms with Gasteiger partial charge in [0.2, 0.25) is 0 Å². The molecule has 4 heterocycles. The number of para-hydroxylation sites is 1. The average molecular weight is 761 g/mol. The van der Waals surface area contributed by atoms with E-state index in [1.165, 1.54) is 47.9 Å². The fourth-order valence-corrected chi connectivity index (χ4v) is 20.8. The van der Waals surface area contributed by atoms with Crippen molar-refractivity contribution in [3.05, 3.63) is 157 Å². The highest BCUT2D eigenvalue weighted by Gasteiger charge is 2.73. The Hall–Kier alpha value is -6.04. The molecule has 4 saturated carbocycles. The fourth-order valence-electron chi connectivity index (χ4n) is 14.2. The molecule has 7 atom stereocenters.